The van der Waals surface area contributed by atoms with Crippen molar-refractivity contribution < 1.29 is 14.2 Å². The van der Waals surface area contributed by atoms with Gasteiger partial charge in [0.05, 0.1) is 26.2 Å². The second-order valence-electron chi connectivity index (χ2n) is 4.96. The SMILES string of the molecule is COc1ccc(CBr)c(OCC2COc3ccccc32)c1. The molecule has 0 fully saturated rings. The van der Waals surface area contributed by atoms with Crippen molar-refractivity contribution in [2.75, 3.05) is 20.3 Å². The number of methoxy groups -OCH3 is 1. The second kappa shape index (κ2) is 6.39. The first-order valence-corrected chi connectivity index (χ1v) is 8.01. The fourth-order valence-corrected chi connectivity index (χ4v) is 2.93. The lowest BCUT2D eigenvalue weighted by Crippen LogP contribution is -2.12. The van der Waals surface area contributed by atoms with Gasteiger partial charge in [-0.15, -0.1) is 0 Å². The van der Waals surface area contributed by atoms with Gasteiger partial charge in [-0.2, -0.15) is 0 Å². The lowest BCUT2D eigenvalue weighted by atomic mass is 10.0. The molecule has 0 bridgehead atoms. The number of fused-ring (bicyclic) bond motifs is 1. The van der Waals surface area contributed by atoms with E-state index in [4.69, 9.17) is 14.2 Å². The molecule has 3 nitrogen and oxygen atoms in total. The lowest BCUT2D eigenvalue weighted by Gasteiger charge is -2.14. The molecule has 1 unspecified atom stereocenters. The van der Waals surface area contributed by atoms with Crippen molar-refractivity contribution in [3.05, 3.63) is 53.6 Å². The normalized spacial score (nSPS) is 16.2. The average Bonchev–Trinajstić information content (AvgIpc) is 2.96. The Morgan fingerprint density at radius 3 is 2.90 bits per heavy atom. The summed E-state index contributed by atoms with van der Waals surface area (Å²) in [6, 6.07) is 14.0. The fraction of sp³-hybridized carbons (Fsp3) is 0.294. The first-order chi connectivity index (χ1) is 10.3. The van der Waals surface area contributed by atoms with Gasteiger partial charge in [0.25, 0.3) is 0 Å². The van der Waals surface area contributed by atoms with E-state index in [0.717, 1.165) is 28.1 Å². The van der Waals surface area contributed by atoms with Gasteiger partial charge in [0, 0.05) is 22.5 Å². The van der Waals surface area contributed by atoms with E-state index in [-0.39, 0.29) is 5.92 Å². The van der Waals surface area contributed by atoms with E-state index >= 15 is 0 Å². The first kappa shape index (κ1) is 14.3. The lowest BCUT2D eigenvalue weighted by molar-refractivity contribution is 0.246. The second-order valence-corrected chi connectivity index (χ2v) is 5.52. The molecule has 1 aliphatic heterocycles. The largest absolute Gasteiger partial charge is 0.497 e. The van der Waals surface area contributed by atoms with Gasteiger partial charge in [-0.1, -0.05) is 40.2 Å². The van der Waals surface area contributed by atoms with Crippen LogP contribution in [0.25, 0.3) is 0 Å². The Hall–Kier alpha value is -1.68. The smallest absolute Gasteiger partial charge is 0.127 e. The molecule has 0 saturated heterocycles. The summed E-state index contributed by atoms with van der Waals surface area (Å²) in [6.45, 7) is 1.27. The summed E-state index contributed by atoms with van der Waals surface area (Å²) >= 11 is 3.49. The third-order valence-corrected chi connectivity index (χ3v) is 4.26. The van der Waals surface area contributed by atoms with Crippen molar-refractivity contribution in [2.45, 2.75) is 11.2 Å². The van der Waals surface area contributed by atoms with Crippen LogP contribution in [-0.4, -0.2) is 20.3 Å². The van der Waals surface area contributed by atoms with Crippen LogP contribution in [0.1, 0.15) is 17.0 Å². The molecule has 0 spiro atoms. The van der Waals surface area contributed by atoms with Gasteiger partial charge in [0.1, 0.15) is 17.2 Å². The number of ether oxygens (including phenoxy) is 3. The average molecular weight is 349 g/mol. The Morgan fingerprint density at radius 2 is 2.10 bits per heavy atom. The van der Waals surface area contributed by atoms with Crippen LogP contribution in [0.3, 0.4) is 0 Å². The molecule has 0 amide bonds. The highest BCUT2D eigenvalue weighted by molar-refractivity contribution is 9.08. The molecule has 1 heterocycles. The maximum absolute atomic E-state index is 6.02. The maximum Gasteiger partial charge on any atom is 0.127 e. The molecule has 3 rings (SSSR count). The van der Waals surface area contributed by atoms with Crippen molar-refractivity contribution in [2.24, 2.45) is 0 Å². The monoisotopic (exact) mass is 348 g/mol. The summed E-state index contributed by atoms with van der Waals surface area (Å²) in [6.07, 6.45) is 0. The van der Waals surface area contributed by atoms with Crippen molar-refractivity contribution >= 4 is 15.9 Å². The highest BCUT2D eigenvalue weighted by atomic mass is 79.9. The van der Waals surface area contributed by atoms with Crippen LogP contribution in [0.2, 0.25) is 0 Å². The minimum atomic E-state index is 0.274. The molecule has 0 aliphatic carbocycles. The summed E-state index contributed by atoms with van der Waals surface area (Å²) in [5.41, 5.74) is 2.34. The number of hydrogen-bond donors (Lipinski definition) is 0. The zero-order chi connectivity index (χ0) is 14.7. The summed E-state index contributed by atoms with van der Waals surface area (Å²) in [5, 5.41) is 0.754. The Morgan fingerprint density at radius 1 is 1.24 bits per heavy atom. The van der Waals surface area contributed by atoms with E-state index in [1.807, 2.05) is 36.4 Å². The third kappa shape index (κ3) is 3.00. The standard InChI is InChI=1S/C17H17BrO3/c1-19-14-7-6-12(9-18)17(8-14)21-11-13-10-20-16-5-3-2-4-15(13)16/h2-8,13H,9-11H2,1H3. The van der Waals surface area contributed by atoms with Gasteiger partial charge in [0.15, 0.2) is 0 Å². The molecular formula is C17H17BrO3. The highest BCUT2D eigenvalue weighted by Crippen LogP contribution is 2.34. The highest BCUT2D eigenvalue weighted by Gasteiger charge is 2.24. The van der Waals surface area contributed by atoms with Crippen LogP contribution in [0, 0.1) is 0 Å². The molecule has 4 heteroatoms. The van der Waals surface area contributed by atoms with Crippen molar-refractivity contribution in [1.29, 1.82) is 0 Å². The summed E-state index contributed by atoms with van der Waals surface area (Å²) in [5.74, 6) is 2.90. The van der Waals surface area contributed by atoms with Gasteiger partial charge >= 0.3 is 0 Å². The Labute approximate surface area is 133 Å². The van der Waals surface area contributed by atoms with Gasteiger partial charge < -0.3 is 14.2 Å². The molecule has 2 aromatic carbocycles. The zero-order valence-corrected chi connectivity index (χ0v) is 13.4. The number of hydrogen-bond acceptors (Lipinski definition) is 3. The third-order valence-electron chi connectivity index (χ3n) is 3.66. The number of benzene rings is 2. The van der Waals surface area contributed by atoms with E-state index < -0.39 is 0 Å². The molecule has 0 radical (unpaired) electrons. The molecule has 0 saturated carbocycles. The Kier molecular flexibility index (Phi) is 4.34. The van der Waals surface area contributed by atoms with Gasteiger partial charge in [-0.3, -0.25) is 0 Å². The fourth-order valence-electron chi connectivity index (χ4n) is 2.46. The molecule has 1 aliphatic rings. The molecule has 0 N–H and O–H groups in total. The van der Waals surface area contributed by atoms with Crippen LogP contribution in [0.5, 0.6) is 17.2 Å². The van der Waals surface area contributed by atoms with E-state index in [2.05, 4.69) is 22.0 Å². The Bertz CT molecular complexity index is 627. The molecular weight excluding hydrogens is 332 g/mol. The van der Waals surface area contributed by atoms with Crippen LogP contribution in [-0.2, 0) is 5.33 Å². The molecule has 0 aromatic heterocycles. The quantitative estimate of drug-likeness (QED) is 0.759. The van der Waals surface area contributed by atoms with Gasteiger partial charge in [-0.25, -0.2) is 0 Å². The summed E-state index contributed by atoms with van der Waals surface area (Å²) in [4.78, 5) is 0. The van der Waals surface area contributed by atoms with E-state index in [9.17, 15) is 0 Å². The summed E-state index contributed by atoms with van der Waals surface area (Å²) in [7, 11) is 1.66. The topological polar surface area (TPSA) is 27.7 Å². The maximum atomic E-state index is 6.02. The number of rotatable bonds is 5. The van der Waals surface area contributed by atoms with E-state index in [1.54, 1.807) is 7.11 Å². The number of alkyl halides is 1. The van der Waals surface area contributed by atoms with Crippen LogP contribution >= 0.6 is 15.9 Å². The predicted molar refractivity (Wildman–Crippen MR) is 85.8 cm³/mol. The number of halogens is 1. The van der Waals surface area contributed by atoms with Crippen LogP contribution in [0.15, 0.2) is 42.5 Å². The van der Waals surface area contributed by atoms with Crippen LogP contribution in [0.4, 0.5) is 0 Å². The van der Waals surface area contributed by atoms with Crippen molar-refractivity contribution in [3.8, 4) is 17.2 Å². The Balaban J connectivity index is 1.74. The van der Waals surface area contributed by atoms with Crippen LogP contribution < -0.4 is 14.2 Å². The minimum absolute atomic E-state index is 0.274. The summed E-state index contributed by atoms with van der Waals surface area (Å²) < 4.78 is 17.0. The van der Waals surface area contributed by atoms with Gasteiger partial charge in [0.2, 0.25) is 0 Å². The zero-order valence-electron chi connectivity index (χ0n) is 11.8. The molecule has 2 aromatic rings. The van der Waals surface area contributed by atoms with Gasteiger partial charge in [-0.05, 0) is 12.1 Å². The molecule has 21 heavy (non-hydrogen) atoms. The molecule has 110 valence electrons. The van der Waals surface area contributed by atoms with E-state index in [1.165, 1.54) is 5.56 Å². The molecule has 1 atom stereocenters. The minimum Gasteiger partial charge on any atom is -0.497 e. The predicted octanol–water partition coefficient (Wildman–Crippen LogP) is 4.15. The number of para-hydroxylation sites is 1. The van der Waals surface area contributed by atoms with Crippen molar-refractivity contribution in [1.82, 2.24) is 0 Å². The van der Waals surface area contributed by atoms with Crippen molar-refractivity contribution in [3.63, 3.8) is 0 Å². The first-order valence-electron chi connectivity index (χ1n) is 6.89. The van der Waals surface area contributed by atoms with E-state index in [0.29, 0.717) is 13.2 Å².